The number of benzene rings is 2. The minimum absolute atomic E-state index is 0. The summed E-state index contributed by atoms with van der Waals surface area (Å²) in [7, 11) is 0. The number of aryl methyl sites for hydroxylation is 1. The molecule has 2 atom stereocenters. The third-order valence-corrected chi connectivity index (χ3v) is 4.17. The highest BCUT2D eigenvalue weighted by Crippen LogP contribution is 2.23. The molecule has 0 radical (unpaired) electrons. The molecule has 4 N–H and O–H groups in total. The Kier molecular flexibility index (Phi) is 9.14. The number of aliphatic hydroxyl groups excluding tert-OH is 1. The molecule has 0 aromatic heterocycles. The number of para-hydroxylation sites is 1. The van der Waals surface area contributed by atoms with Gasteiger partial charge in [-0.1, -0.05) is 24.3 Å². The van der Waals surface area contributed by atoms with Crippen LogP contribution in [0.3, 0.4) is 0 Å². The zero-order valence-corrected chi connectivity index (χ0v) is 16.0. The monoisotopic (exact) mass is 414 g/mol. The van der Waals surface area contributed by atoms with Crippen LogP contribution in [-0.4, -0.2) is 24.0 Å². The molecule has 0 aliphatic carbocycles. The number of anilines is 1. The summed E-state index contributed by atoms with van der Waals surface area (Å²) in [6.07, 6.45) is -0.0420. The SMILES string of the molecule is Cc1ccc(NCCCC(O)C(N)Oc2ccccc2)c(Br)c1.Cl. The third-order valence-electron chi connectivity index (χ3n) is 3.51. The molecule has 2 aromatic carbocycles. The Bertz CT molecular complexity index is 613. The Balaban J connectivity index is 0.00000288. The van der Waals surface area contributed by atoms with Gasteiger partial charge in [0.15, 0.2) is 6.23 Å². The van der Waals surface area contributed by atoms with Crippen LogP contribution in [0.5, 0.6) is 5.75 Å². The first kappa shape index (κ1) is 20.8. The van der Waals surface area contributed by atoms with E-state index in [0.717, 1.165) is 23.1 Å². The van der Waals surface area contributed by atoms with Crippen LogP contribution in [0, 0.1) is 6.92 Å². The molecule has 0 amide bonds. The van der Waals surface area contributed by atoms with Crippen molar-refractivity contribution in [2.75, 3.05) is 11.9 Å². The van der Waals surface area contributed by atoms with E-state index in [9.17, 15) is 5.11 Å². The number of hydrogen-bond donors (Lipinski definition) is 3. The molecule has 0 saturated carbocycles. The topological polar surface area (TPSA) is 67.5 Å². The lowest BCUT2D eigenvalue weighted by Crippen LogP contribution is -2.40. The lowest BCUT2D eigenvalue weighted by atomic mass is 10.1. The van der Waals surface area contributed by atoms with E-state index in [2.05, 4.69) is 40.3 Å². The maximum atomic E-state index is 10.1. The normalized spacial score (nSPS) is 12.8. The van der Waals surface area contributed by atoms with Crippen molar-refractivity contribution in [3.63, 3.8) is 0 Å². The lowest BCUT2D eigenvalue weighted by molar-refractivity contribution is 0.0340. The summed E-state index contributed by atoms with van der Waals surface area (Å²) in [4.78, 5) is 0. The van der Waals surface area contributed by atoms with E-state index >= 15 is 0 Å². The number of halogens is 2. The zero-order chi connectivity index (χ0) is 16.7. The zero-order valence-electron chi connectivity index (χ0n) is 13.6. The van der Waals surface area contributed by atoms with Crippen molar-refractivity contribution >= 4 is 34.0 Å². The molecule has 132 valence electrons. The van der Waals surface area contributed by atoms with Crippen molar-refractivity contribution in [1.82, 2.24) is 0 Å². The van der Waals surface area contributed by atoms with Crippen molar-refractivity contribution in [3.8, 4) is 5.75 Å². The molecule has 0 bridgehead atoms. The van der Waals surface area contributed by atoms with Crippen LogP contribution >= 0.6 is 28.3 Å². The van der Waals surface area contributed by atoms with Gasteiger partial charge in [-0.2, -0.15) is 0 Å². The third kappa shape index (κ3) is 6.69. The Morgan fingerprint density at radius 3 is 2.58 bits per heavy atom. The second kappa shape index (κ2) is 10.6. The average Bonchev–Trinajstić information content (AvgIpc) is 2.54. The second-order valence-electron chi connectivity index (χ2n) is 5.52. The van der Waals surface area contributed by atoms with Gasteiger partial charge < -0.3 is 15.2 Å². The lowest BCUT2D eigenvalue weighted by Gasteiger charge is -2.20. The van der Waals surface area contributed by atoms with E-state index in [4.69, 9.17) is 10.5 Å². The molecular formula is C18H24BrClN2O2. The van der Waals surface area contributed by atoms with Crippen molar-refractivity contribution in [2.45, 2.75) is 32.1 Å². The molecule has 2 aromatic rings. The number of hydrogen-bond acceptors (Lipinski definition) is 4. The molecular weight excluding hydrogens is 392 g/mol. The van der Waals surface area contributed by atoms with Gasteiger partial charge in [-0.25, -0.2) is 0 Å². The predicted molar refractivity (Wildman–Crippen MR) is 105 cm³/mol. The van der Waals surface area contributed by atoms with Crippen molar-refractivity contribution < 1.29 is 9.84 Å². The maximum absolute atomic E-state index is 10.1. The highest BCUT2D eigenvalue weighted by molar-refractivity contribution is 9.10. The number of ether oxygens (including phenoxy) is 1. The predicted octanol–water partition coefficient (Wildman–Crippen LogP) is 4.10. The first-order chi connectivity index (χ1) is 11.1. The quantitative estimate of drug-likeness (QED) is 0.448. The molecule has 24 heavy (non-hydrogen) atoms. The summed E-state index contributed by atoms with van der Waals surface area (Å²) in [5, 5.41) is 13.4. The van der Waals surface area contributed by atoms with Gasteiger partial charge >= 0.3 is 0 Å². The smallest absolute Gasteiger partial charge is 0.173 e. The molecule has 2 unspecified atom stereocenters. The van der Waals surface area contributed by atoms with Gasteiger partial charge in [0.05, 0.1) is 0 Å². The van der Waals surface area contributed by atoms with Gasteiger partial charge in [0.1, 0.15) is 11.9 Å². The molecule has 2 rings (SSSR count). The molecule has 4 nitrogen and oxygen atoms in total. The van der Waals surface area contributed by atoms with E-state index in [-0.39, 0.29) is 12.4 Å². The fourth-order valence-electron chi connectivity index (χ4n) is 2.20. The van der Waals surface area contributed by atoms with Gasteiger partial charge in [0.2, 0.25) is 0 Å². The fraction of sp³-hybridized carbons (Fsp3) is 0.333. The first-order valence-corrected chi connectivity index (χ1v) is 8.51. The van der Waals surface area contributed by atoms with Gasteiger partial charge in [-0.05, 0) is 65.5 Å². The fourth-order valence-corrected chi connectivity index (χ4v) is 2.83. The standard InChI is InChI=1S/C18H23BrN2O2.ClH/c1-13-9-10-16(15(19)12-13)21-11-5-8-17(22)18(20)23-14-6-3-2-4-7-14;/h2-4,6-7,9-10,12,17-18,21-22H,5,8,11,20H2,1H3;1H. The van der Waals surface area contributed by atoms with Crippen LogP contribution in [0.1, 0.15) is 18.4 Å². The molecule has 0 saturated heterocycles. The van der Waals surface area contributed by atoms with Gasteiger partial charge in [0, 0.05) is 16.7 Å². The molecule has 0 aliphatic heterocycles. The van der Waals surface area contributed by atoms with Crippen molar-refractivity contribution in [2.24, 2.45) is 5.73 Å². The summed E-state index contributed by atoms with van der Waals surface area (Å²) in [5.74, 6) is 0.667. The van der Waals surface area contributed by atoms with E-state index in [1.165, 1.54) is 5.56 Å². The Morgan fingerprint density at radius 1 is 1.21 bits per heavy atom. The summed E-state index contributed by atoms with van der Waals surface area (Å²) >= 11 is 3.54. The van der Waals surface area contributed by atoms with E-state index in [1.807, 2.05) is 36.4 Å². The van der Waals surface area contributed by atoms with Gasteiger partial charge in [-0.3, -0.25) is 5.73 Å². The summed E-state index contributed by atoms with van der Waals surface area (Å²) < 4.78 is 6.57. The number of aliphatic hydroxyl groups is 1. The van der Waals surface area contributed by atoms with E-state index in [0.29, 0.717) is 12.2 Å². The molecule has 6 heteroatoms. The number of nitrogens with two attached hydrogens (primary N) is 1. The van der Waals surface area contributed by atoms with Gasteiger partial charge in [0.25, 0.3) is 0 Å². The van der Waals surface area contributed by atoms with Crippen molar-refractivity contribution in [1.29, 1.82) is 0 Å². The minimum atomic E-state index is -0.719. The van der Waals surface area contributed by atoms with Gasteiger partial charge in [-0.15, -0.1) is 12.4 Å². The van der Waals surface area contributed by atoms with E-state index in [1.54, 1.807) is 0 Å². The second-order valence-corrected chi connectivity index (χ2v) is 6.37. The number of rotatable bonds is 8. The van der Waals surface area contributed by atoms with Crippen LogP contribution in [0.25, 0.3) is 0 Å². The van der Waals surface area contributed by atoms with Crippen LogP contribution in [-0.2, 0) is 0 Å². The first-order valence-electron chi connectivity index (χ1n) is 7.71. The maximum Gasteiger partial charge on any atom is 0.173 e. The minimum Gasteiger partial charge on any atom is -0.473 e. The largest absolute Gasteiger partial charge is 0.473 e. The highest BCUT2D eigenvalue weighted by Gasteiger charge is 2.15. The Hall–Kier alpha value is -1.27. The Labute approximate surface area is 157 Å². The average molecular weight is 416 g/mol. The van der Waals surface area contributed by atoms with Crippen LogP contribution < -0.4 is 15.8 Å². The summed E-state index contributed by atoms with van der Waals surface area (Å²) in [6.45, 7) is 2.82. The molecule has 0 aliphatic rings. The summed E-state index contributed by atoms with van der Waals surface area (Å²) in [6, 6.07) is 15.5. The molecule has 0 heterocycles. The number of nitrogens with one attached hydrogen (secondary N) is 1. The molecule has 0 spiro atoms. The Morgan fingerprint density at radius 2 is 1.92 bits per heavy atom. The van der Waals surface area contributed by atoms with E-state index < -0.39 is 12.3 Å². The van der Waals surface area contributed by atoms with Crippen LogP contribution in [0.2, 0.25) is 0 Å². The molecule has 0 fully saturated rings. The van der Waals surface area contributed by atoms with Crippen LogP contribution in [0.4, 0.5) is 5.69 Å². The highest BCUT2D eigenvalue weighted by atomic mass is 79.9. The summed E-state index contributed by atoms with van der Waals surface area (Å²) in [5.41, 5.74) is 8.14. The van der Waals surface area contributed by atoms with Crippen molar-refractivity contribution in [3.05, 3.63) is 58.6 Å². The van der Waals surface area contributed by atoms with Crippen LogP contribution in [0.15, 0.2) is 53.0 Å².